The summed E-state index contributed by atoms with van der Waals surface area (Å²) in [4.78, 5) is 14.2. The van der Waals surface area contributed by atoms with Crippen molar-refractivity contribution >= 4 is 27.5 Å². The Morgan fingerprint density at radius 2 is 1.67 bits per heavy atom. The van der Waals surface area contributed by atoms with Crippen molar-refractivity contribution in [3.63, 3.8) is 0 Å². The normalized spacial score (nSPS) is 26.7. The SMILES string of the molecule is Oc1cc(-c2ccc3c(N4CC5CCC(C4)N5)nc(OCC4(CN5C[C@H]6COC[C@H]6C5)CC4)nc3c2F)c2c(F)c(F)ccc2c1. The number of aromatic nitrogens is 2. The van der Waals surface area contributed by atoms with Gasteiger partial charge < -0.3 is 29.7 Å². The molecule has 5 aliphatic rings. The van der Waals surface area contributed by atoms with Gasteiger partial charge in [0.2, 0.25) is 0 Å². The molecule has 4 aliphatic heterocycles. The van der Waals surface area contributed by atoms with Gasteiger partial charge in [-0.2, -0.15) is 9.97 Å². The van der Waals surface area contributed by atoms with Crippen LogP contribution >= 0.6 is 0 Å². The maximum absolute atomic E-state index is 16.7. The lowest BCUT2D eigenvalue weighted by atomic mass is 9.95. The topological polar surface area (TPSA) is 83.0 Å². The Morgan fingerprint density at radius 3 is 2.41 bits per heavy atom. The van der Waals surface area contributed by atoms with Gasteiger partial charge in [0.05, 0.1) is 19.8 Å². The van der Waals surface area contributed by atoms with E-state index < -0.39 is 17.5 Å². The smallest absolute Gasteiger partial charge is 0.319 e. The fourth-order valence-corrected chi connectivity index (χ4v) is 8.33. The summed E-state index contributed by atoms with van der Waals surface area (Å²) in [6.45, 7) is 6.66. The van der Waals surface area contributed by atoms with E-state index in [2.05, 4.69) is 20.1 Å². The molecule has 5 fully saturated rings. The average molecular weight is 632 g/mol. The van der Waals surface area contributed by atoms with Crippen molar-refractivity contribution in [2.75, 3.05) is 57.4 Å². The van der Waals surface area contributed by atoms with Gasteiger partial charge >= 0.3 is 6.01 Å². The van der Waals surface area contributed by atoms with Crippen molar-refractivity contribution < 1.29 is 27.8 Å². The van der Waals surface area contributed by atoms with Gasteiger partial charge in [-0.05, 0) is 60.9 Å². The van der Waals surface area contributed by atoms with Crippen LogP contribution in [0.15, 0.2) is 36.4 Å². The molecule has 46 heavy (non-hydrogen) atoms. The molecule has 1 saturated carbocycles. The Labute approximate surface area is 264 Å². The predicted molar refractivity (Wildman–Crippen MR) is 168 cm³/mol. The first-order valence-electron chi connectivity index (χ1n) is 16.4. The number of anilines is 1. The first-order valence-corrected chi connectivity index (χ1v) is 16.4. The van der Waals surface area contributed by atoms with E-state index >= 15 is 8.78 Å². The molecular weight excluding hydrogens is 595 g/mol. The van der Waals surface area contributed by atoms with E-state index in [1.165, 1.54) is 24.3 Å². The molecule has 0 radical (unpaired) electrons. The van der Waals surface area contributed by atoms with E-state index in [1.54, 1.807) is 6.07 Å². The summed E-state index contributed by atoms with van der Waals surface area (Å²) in [7, 11) is 0. The molecule has 3 aromatic carbocycles. The minimum absolute atomic E-state index is 0.0103. The van der Waals surface area contributed by atoms with E-state index in [0.29, 0.717) is 41.7 Å². The summed E-state index contributed by atoms with van der Waals surface area (Å²) < 4.78 is 58.2. The van der Waals surface area contributed by atoms with Crippen molar-refractivity contribution in [3.8, 4) is 22.9 Å². The second-order valence-corrected chi connectivity index (χ2v) is 14.2. The van der Waals surface area contributed by atoms with Crippen molar-refractivity contribution in [1.82, 2.24) is 20.2 Å². The third-order valence-electron chi connectivity index (χ3n) is 10.9. The number of likely N-dealkylation sites (tertiary alicyclic amines) is 1. The number of piperazine rings is 1. The van der Waals surface area contributed by atoms with Gasteiger partial charge in [0.1, 0.15) is 17.1 Å². The number of fused-ring (bicyclic) bond motifs is 5. The van der Waals surface area contributed by atoms with Crippen molar-refractivity contribution in [1.29, 1.82) is 0 Å². The molecule has 8 nitrogen and oxygen atoms in total. The summed E-state index contributed by atoms with van der Waals surface area (Å²) >= 11 is 0. The molecular formula is C35H36F3N5O3. The molecule has 5 heterocycles. The zero-order valence-corrected chi connectivity index (χ0v) is 25.4. The molecule has 0 spiro atoms. The van der Waals surface area contributed by atoms with Crippen LogP contribution in [0.5, 0.6) is 11.8 Å². The highest BCUT2D eigenvalue weighted by molar-refractivity contribution is 6.01. The third kappa shape index (κ3) is 4.86. The van der Waals surface area contributed by atoms with Crippen LogP contribution in [0, 0.1) is 34.7 Å². The van der Waals surface area contributed by atoms with E-state index in [0.717, 1.165) is 77.7 Å². The van der Waals surface area contributed by atoms with Crippen molar-refractivity contribution in [2.45, 2.75) is 37.8 Å². The van der Waals surface area contributed by atoms with E-state index in [9.17, 15) is 9.50 Å². The number of hydrogen-bond donors (Lipinski definition) is 2. The molecule has 11 heteroatoms. The van der Waals surface area contributed by atoms with Crippen LogP contribution in [0.1, 0.15) is 25.7 Å². The molecule has 2 N–H and O–H groups in total. The van der Waals surface area contributed by atoms with E-state index in [1.807, 2.05) is 0 Å². The van der Waals surface area contributed by atoms with Crippen LogP contribution in [0.3, 0.4) is 0 Å². The second-order valence-electron chi connectivity index (χ2n) is 14.2. The third-order valence-corrected chi connectivity index (χ3v) is 10.9. The van der Waals surface area contributed by atoms with Crippen LogP contribution in [0.2, 0.25) is 0 Å². The zero-order chi connectivity index (χ0) is 31.2. The standard InChI is InChI=1S/C35H36F3N5O3/c36-28-6-1-19-9-24(44)10-27(29(19)31(28)38)25-4-5-26-32(30(25)37)40-34(41-33(26)43-13-22-2-3-23(14-43)39-22)46-18-35(7-8-35)17-42-11-20-15-45-16-21(20)12-42/h1,4-6,9-10,20-23,39,44H,2-3,7-8,11-18H2/t20-,21+,22?,23?. The predicted octanol–water partition coefficient (Wildman–Crippen LogP) is 5.25. The Kier molecular flexibility index (Phi) is 6.63. The molecule has 9 rings (SSSR count). The minimum Gasteiger partial charge on any atom is -0.508 e. The fraction of sp³-hybridized carbons (Fsp3) is 0.486. The number of halogens is 3. The van der Waals surface area contributed by atoms with Gasteiger partial charge in [0.25, 0.3) is 0 Å². The first kappa shape index (κ1) is 28.5. The number of ether oxygens (including phenoxy) is 2. The van der Waals surface area contributed by atoms with Crippen molar-refractivity contribution in [3.05, 3.63) is 53.8 Å². The Balaban J connectivity index is 1.09. The molecule has 2 unspecified atom stereocenters. The van der Waals surface area contributed by atoms with Crippen LogP contribution in [0.4, 0.5) is 19.0 Å². The molecule has 1 aromatic heterocycles. The van der Waals surface area contributed by atoms with Gasteiger partial charge in [-0.15, -0.1) is 0 Å². The Morgan fingerprint density at radius 1 is 0.913 bits per heavy atom. The Hall–Kier alpha value is -3.67. The fourth-order valence-electron chi connectivity index (χ4n) is 8.33. The summed E-state index contributed by atoms with van der Waals surface area (Å²) in [5, 5.41) is 14.8. The lowest BCUT2D eigenvalue weighted by Crippen LogP contribution is -2.51. The summed E-state index contributed by atoms with van der Waals surface area (Å²) in [5.74, 6) is -1.19. The monoisotopic (exact) mass is 631 g/mol. The van der Waals surface area contributed by atoms with Gasteiger partial charge in [0, 0.05) is 78.4 Å². The number of phenols is 1. The summed E-state index contributed by atoms with van der Waals surface area (Å²) in [6, 6.07) is 9.01. The summed E-state index contributed by atoms with van der Waals surface area (Å²) in [5.41, 5.74) is 0.131. The summed E-state index contributed by atoms with van der Waals surface area (Å²) in [6.07, 6.45) is 4.27. The van der Waals surface area contributed by atoms with E-state index in [4.69, 9.17) is 14.5 Å². The van der Waals surface area contributed by atoms with Crippen LogP contribution in [-0.2, 0) is 4.74 Å². The number of phenolic OH excluding ortho intramolecular Hbond substituents is 1. The first-order chi connectivity index (χ1) is 22.3. The number of nitrogens with zero attached hydrogens (tertiary/aromatic N) is 4. The van der Waals surface area contributed by atoms with Gasteiger partial charge in [-0.3, -0.25) is 0 Å². The number of rotatable bonds is 7. The van der Waals surface area contributed by atoms with Gasteiger partial charge in [0.15, 0.2) is 17.5 Å². The van der Waals surface area contributed by atoms with Crippen LogP contribution in [0.25, 0.3) is 32.8 Å². The molecule has 2 bridgehead atoms. The molecule has 4 saturated heterocycles. The van der Waals surface area contributed by atoms with Crippen LogP contribution in [-0.4, -0.2) is 84.6 Å². The highest BCUT2D eigenvalue weighted by Gasteiger charge is 2.48. The molecule has 0 amide bonds. The lowest BCUT2D eigenvalue weighted by molar-refractivity contribution is 0.131. The minimum atomic E-state index is -1.10. The second kappa shape index (κ2) is 10.7. The van der Waals surface area contributed by atoms with Crippen molar-refractivity contribution in [2.24, 2.45) is 17.3 Å². The highest BCUT2D eigenvalue weighted by Crippen LogP contribution is 2.48. The van der Waals surface area contributed by atoms with E-state index in [-0.39, 0.29) is 44.6 Å². The van der Waals surface area contributed by atoms with Crippen LogP contribution < -0.4 is 15.0 Å². The maximum Gasteiger partial charge on any atom is 0.319 e. The number of benzene rings is 3. The number of nitrogens with one attached hydrogen (secondary N) is 1. The lowest BCUT2D eigenvalue weighted by Gasteiger charge is -2.34. The zero-order valence-electron chi connectivity index (χ0n) is 25.4. The number of aromatic hydroxyl groups is 1. The number of hydrogen-bond acceptors (Lipinski definition) is 8. The van der Waals surface area contributed by atoms with Gasteiger partial charge in [-0.25, -0.2) is 13.2 Å². The maximum atomic E-state index is 16.7. The average Bonchev–Trinajstić information content (AvgIpc) is 3.29. The molecule has 1 aliphatic carbocycles. The molecule has 4 atom stereocenters. The van der Waals surface area contributed by atoms with Gasteiger partial charge in [-0.1, -0.05) is 12.1 Å². The molecule has 240 valence electrons. The largest absolute Gasteiger partial charge is 0.508 e. The Bertz CT molecular complexity index is 1850. The highest BCUT2D eigenvalue weighted by atomic mass is 19.2. The molecule has 4 aromatic rings. The quantitative estimate of drug-likeness (QED) is 0.286.